The number of hydrogen-bond acceptors (Lipinski definition) is 5. The van der Waals surface area contributed by atoms with E-state index in [4.69, 9.17) is 4.74 Å². The lowest BCUT2D eigenvalue weighted by atomic mass is 10.2. The number of aryl methyl sites for hydroxylation is 1. The summed E-state index contributed by atoms with van der Waals surface area (Å²) in [5, 5.41) is 13.8. The Kier molecular flexibility index (Phi) is 2.99. The maximum Gasteiger partial charge on any atom is 0.211 e. The van der Waals surface area contributed by atoms with Crippen molar-refractivity contribution in [1.82, 2.24) is 20.2 Å². The molecule has 0 fully saturated rings. The molecule has 7 nitrogen and oxygen atoms in total. The van der Waals surface area contributed by atoms with Crippen LogP contribution in [0, 0.1) is 6.92 Å². The predicted octanol–water partition coefficient (Wildman–Crippen LogP) is 0.548. The Morgan fingerprint density at radius 2 is 2.24 bits per heavy atom. The number of benzene rings is 1. The molecule has 0 radical (unpaired) electrons. The van der Waals surface area contributed by atoms with Gasteiger partial charge in [-0.05, 0) is 23.4 Å². The molecule has 1 amide bonds. The Hall–Kier alpha value is -2.44. The molecule has 0 saturated heterocycles. The number of carbonyl (C=O) groups is 1. The lowest BCUT2D eigenvalue weighted by molar-refractivity contribution is -0.105. The fourth-order valence-electron chi connectivity index (χ4n) is 1.45. The van der Waals surface area contributed by atoms with Gasteiger partial charge in [0.2, 0.25) is 6.41 Å². The third-order valence-corrected chi connectivity index (χ3v) is 2.22. The summed E-state index contributed by atoms with van der Waals surface area (Å²) in [6.45, 7) is 1.78. The molecule has 17 heavy (non-hydrogen) atoms. The van der Waals surface area contributed by atoms with Crippen molar-refractivity contribution in [2.75, 3.05) is 12.4 Å². The molecule has 0 spiro atoms. The molecule has 1 aromatic carbocycles. The Morgan fingerprint density at radius 1 is 1.41 bits per heavy atom. The second-order valence-corrected chi connectivity index (χ2v) is 3.32. The summed E-state index contributed by atoms with van der Waals surface area (Å²) < 4.78 is 6.70. The molecule has 0 saturated carbocycles. The number of amides is 1. The predicted molar refractivity (Wildman–Crippen MR) is 60.1 cm³/mol. The molecule has 0 aliphatic carbocycles. The van der Waals surface area contributed by atoms with Crippen LogP contribution >= 0.6 is 0 Å². The van der Waals surface area contributed by atoms with Crippen molar-refractivity contribution < 1.29 is 9.53 Å². The minimum absolute atomic E-state index is 0.602. The Labute approximate surface area is 97.4 Å². The molecule has 0 bridgehead atoms. The van der Waals surface area contributed by atoms with Crippen molar-refractivity contribution in [2.24, 2.45) is 0 Å². The van der Waals surface area contributed by atoms with Crippen LogP contribution in [0.2, 0.25) is 0 Å². The number of hydrogen-bond donors (Lipinski definition) is 1. The van der Waals surface area contributed by atoms with Gasteiger partial charge in [-0.15, -0.1) is 5.10 Å². The lowest BCUT2D eigenvalue weighted by Gasteiger charge is -2.08. The van der Waals surface area contributed by atoms with Crippen LogP contribution in [0.5, 0.6) is 5.75 Å². The number of nitrogens with one attached hydrogen (secondary N) is 1. The maximum absolute atomic E-state index is 10.4. The summed E-state index contributed by atoms with van der Waals surface area (Å²) in [6, 6.07) is 5.23. The molecule has 0 aliphatic rings. The number of aromatic nitrogens is 4. The number of anilines is 1. The molecule has 2 aromatic rings. The summed E-state index contributed by atoms with van der Waals surface area (Å²) in [6.07, 6.45) is 0.602. The van der Waals surface area contributed by atoms with Crippen molar-refractivity contribution in [1.29, 1.82) is 0 Å². The van der Waals surface area contributed by atoms with Gasteiger partial charge in [0.15, 0.2) is 5.82 Å². The van der Waals surface area contributed by atoms with Gasteiger partial charge < -0.3 is 10.1 Å². The van der Waals surface area contributed by atoms with Gasteiger partial charge in [0, 0.05) is 17.8 Å². The van der Waals surface area contributed by atoms with Gasteiger partial charge in [-0.3, -0.25) is 4.79 Å². The Bertz CT molecular complexity index is 537. The van der Waals surface area contributed by atoms with Crippen LogP contribution < -0.4 is 10.1 Å². The highest BCUT2D eigenvalue weighted by Gasteiger charge is 2.07. The number of carbonyl (C=O) groups excluding carboxylic acids is 1. The zero-order valence-corrected chi connectivity index (χ0v) is 9.41. The molecule has 0 aliphatic heterocycles. The lowest BCUT2D eigenvalue weighted by Crippen LogP contribution is -2.02. The monoisotopic (exact) mass is 233 g/mol. The second kappa shape index (κ2) is 4.60. The fourth-order valence-corrected chi connectivity index (χ4v) is 1.45. The number of ether oxygens (including phenoxy) is 1. The summed E-state index contributed by atoms with van der Waals surface area (Å²) in [7, 11) is 1.55. The van der Waals surface area contributed by atoms with E-state index in [0.717, 1.165) is 5.69 Å². The highest BCUT2D eigenvalue weighted by Crippen LogP contribution is 2.22. The first-order valence-electron chi connectivity index (χ1n) is 4.89. The third-order valence-electron chi connectivity index (χ3n) is 2.22. The zero-order chi connectivity index (χ0) is 12.3. The minimum Gasteiger partial charge on any atom is -0.497 e. The Morgan fingerprint density at radius 3 is 2.82 bits per heavy atom. The van der Waals surface area contributed by atoms with E-state index in [9.17, 15) is 4.79 Å². The maximum atomic E-state index is 10.4. The van der Waals surface area contributed by atoms with Crippen LogP contribution in [-0.4, -0.2) is 33.7 Å². The molecular weight excluding hydrogens is 222 g/mol. The Balaban J connectivity index is 2.49. The van der Waals surface area contributed by atoms with Crippen LogP contribution in [0.15, 0.2) is 18.2 Å². The van der Waals surface area contributed by atoms with E-state index in [2.05, 4.69) is 20.8 Å². The normalized spacial score (nSPS) is 10.0. The average Bonchev–Trinajstić information content (AvgIpc) is 2.75. The first-order valence-corrected chi connectivity index (χ1v) is 4.89. The van der Waals surface area contributed by atoms with E-state index in [-0.39, 0.29) is 0 Å². The highest BCUT2D eigenvalue weighted by molar-refractivity contribution is 5.73. The number of tetrazole rings is 1. The summed E-state index contributed by atoms with van der Waals surface area (Å²) in [5.74, 6) is 1.26. The van der Waals surface area contributed by atoms with Crippen LogP contribution in [0.25, 0.3) is 5.69 Å². The van der Waals surface area contributed by atoms with Gasteiger partial charge >= 0.3 is 0 Å². The first-order chi connectivity index (χ1) is 8.24. The van der Waals surface area contributed by atoms with Gasteiger partial charge in [0.1, 0.15) is 5.75 Å². The molecule has 7 heteroatoms. The standard InChI is InChI=1S/C10H11N5O2/c1-7-12-13-14-15(7)9-3-8(11-6-16)4-10(5-9)17-2/h3-6H,1-2H3,(H,11,16). The molecule has 1 N–H and O–H groups in total. The number of methoxy groups -OCH3 is 1. The van der Waals surface area contributed by atoms with Crippen LogP contribution in [0.3, 0.4) is 0 Å². The summed E-state index contributed by atoms with van der Waals surface area (Å²) in [5.41, 5.74) is 1.33. The third kappa shape index (κ3) is 2.22. The van der Waals surface area contributed by atoms with Gasteiger partial charge in [0.25, 0.3) is 0 Å². The molecule has 88 valence electrons. The van der Waals surface area contributed by atoms with Gasteiger partial charge in [0.05, 0.1) is 12.8 Å². The molecule has 1 heterocycles. The minimum atomic E-state index is 0.602. The van der Waals surface area contributed by atoms with Crippen LogP contribution in [0.4, 0.5) is 5.69 Å². The van der Waals surface area contributed by atoms with Gasteiger partial charge in [-0.25, -0.2) is 0 Å². The molecule has 1 aromatic heterocycles. The van der Waals surface area contributed by atoms with Crippen molar-refractivity contribution in [3.8, 4) is 11.4 Å². The van der Waals surface area contributed by atoms with E-state index in [1.807, 2.05) is 0 Å². The second-order valence-electron chi connectivity index (χ2n) is 3.32. The average molecular weight is 233 g/mol. The highest BCUT2D eigenvalue weighted by atomic mass is 16.5. The van der Waals surface area contributed by atoms with Gasteiger partial charge in [-0.1, -0.05) is 0 Å². The smallest absolute Gasteiger partial charge is 0.211 e. The molecule has 0 unspecified atom stereocenters. The molecule has 2 rings (SSSR count). The number of nitrogens with zero attached hydrogens (tertiary/aromatic N) is 4. The van der Waals surface area contributed by atoms with E-state index in [1.54, 1.807) is 36.9 Å². The zero-order valence-electron chi connectivity index (χ0n) is 9.41. The first kappa shape index (κ1) is 11.1. The van der Waals surface area contributed by atoms with E-state index in [0.29, 0.717) is 23.7 Å². The van der Waals surface area contributed by atoms with E-state index in [1.165, 1.54) is 0 Å². The van der Waals surface area contributed by atoms with Crippen molar-refractivity contribution in [3.63, 3.8) is 0 Å². The van der Waals surface area contributed by atoms with E-state index >= 15 is 0 Å². The SMILES string of the molecule is COc1cc(NC=O)cc(-n2nnnc2C)c1. The quantitative estimate of drug-likeness (QED) is 0.780. The molecular formula is C10H11N5O2. The number of rotatable bonds is 4. The largest absolute Gasteiger partial charge is 0.497 e. The topological polar surface area (TPSA) is 81.9 Å². The van der Waals surface area contributed by atoms with E-state index < -0.39 is 0 Å². The summed E-state index contributed by atoms with van der Waals surface area (Å²) in [4.78, 5) is 10.4. The fraction of sp³-hybridized carbons (Fsp3) is 0.200. The van der Waals surface area contributed by atoms with Crippen LogP contribution in [-0.2, 0) is 4.79 Å². The van der Waals surface area contributed by atoms with Gasteiger partial charge in [-0.2, -0.15) is 4.68 Å². The van der Waals surface area contributed by atoms with Crippen molar-refractivity contribution >= 4 is 12.1 Å². The van der Waals surface area contributed by atoms with Crippen molar-refractivity contribution in [3.05, 3.63) is 24.0 Å². The van der Waals surface area contributed by atoms with Crippen LogP contribution in [0.1, 0.15) is 5.82 Å². The molecule has 0 atom stereocenters. The summed E-state index contributed by atoms with van der Waals surface area (Å²) >= 11 is 0. The van der Waals surface area contributed by atoms with Crippen molar-refractivity contribution in [2.45, 2.75) is 6.92 Å².